The maximum atomic E-state index is 7.77. The molecule has 2 aliphatic rings. The van der Waals surface area contributed by atoms with Crippen molar-refractivity contribution >= 4 is 23.1 Å². The predicted molar refractivity (Wildman–Crippen MR) is 177 cm³/mol. The van der Waals surface area contributed by atoms with Crippen LogP contribution in [0.25, 0.3) is 0 Å². The highest BCUT2D eigenvalue weighted by Crippen LogP contribution is 2.52. The first-order valence-corrected chi connectivity index (χ1v) is 15.1. The van der Waals surface area contributed by atoms with Gasteiger partial charge in [0.15, 0.2) is 0 Å². The molecule has 3 aromatic carbocycles. The molecule has 0 fully saturated rings. The smallest absolute Gasteiger partial charge is 0.216 e. The van der Waals surface area contributed by atoms with Gasteiger partial charge in [0, 0.05) is 32.9 Å². The van der Waals surface area contributed by atoms with Gasteiger partial charge in [-0.05, 0) is 89.8 Å². The summed E-state index contributed by atoms with van der Waals surface area (Å²) in [5.74, 6) is 2.78. The molecule has 0 radical (unpaired) electrons. The molecule has 222 valence electrons. The minimum Gasteiger partial charge on any atom is -0.475 e. The number of aryl methyl sites for hydroxylation is 1. The van der Waals surface area contributed by atoms with Crippen molar-refractivity contribution in [3.05, 3.63) is 106 Å². The summed E-state index contributed by atoms with van der Waals surface area (Å²) >= 11 is 0. The quantitative estimate of drug-likeness (QED) is 0.237. The molecular weight excluding hydrogens is 530 g/mol. The molecule has 5 nitrogen and oxygen atoms in total. The van der Waals surface area contributed by atoms with Crippen LogP contribution < -0.4 is 9.64 Å². The number of hydrogen-bond acceptors (Lipinski definition) is 5. The van der Waals surface area contributed by atoms with Gasteiger partial charge < -0.3 is 9.47 Å². The van der Waals surface area contributed by atoms with Crippen LogP contribution in [-0.2, 0) is 15.6 Å². The molecule has 0 amide bonds. The minimum atomic E-state index is -2.21. The van der Waals surface area contributed by atoms with Crippen LogP contribution in [0.3, 0.4) is 0 Å². The van der Waals surface area contributed by atoms with Crippen molar-refractivity contribution in [1.82, 2.24) is 4.98 Å². The molecule has 1 aromatic heterocycles. The second kappa shape index (κ2) is 10.6. The number of aliphatic imine (C=N–C) groups is 1. The van der Waals surface area contributed by atoms with E-state index in [1.807, 2.05) is 36.5 Å². The van der Waals surface area contributed by atoms with E-state index in [2.05, 4.69) is 102 Å². The van der Waals surface area contributed by atoms with Gasteiger partial charge in [-0.25, -0.2) is 9.98 Å². The van der Waals surface area contributed by atoms with E-state index in [-0.39, 0.29) is 23.4 Å². The first-order valence-electron chi connectivity index (χ1n) is 16.6. The van der Waals surface area contributed by atoms with E-state index in [4.69, 9.17) is 18.6 Å². The van der Waals surface area contributed by atoms with Gasteiger partial charge in [-0.1, -0.05) is 66.7 Å². The summed E-state index contributed by atoms with van der Waals surface area (Å²) in [6, 6.07) is 22.3. The first kappa shape index (κ1) is 25.4. The number of rotatable bonds is 5. The molecule has 0 unspecified atom stereocenters. The van der Waals surface area contributed by atoms with Gasteiger partial charge in [-0.3, -0.25) is 4.90 Å². The van der Waals surface area contributed by atoms with Gasteiger partial charge in [0.25, 0.3) is 0 Å². The van der Waals surface area contributed by atoms with Crippen molar-refractivity contribution in [2.75, 3.05) is 11.5 Å². The fourth-order valence-electron chi connectivity index (χ4n) is 6.00. The van der Waals surface area contributed by atoms with Gasteiger partial charge in [0.05, 0.1) is 17.4 Å². The van der Waals surface area contributed by atoms with Crippen LogP contribution >= 0.6 is 0 Å². The zero-order chi connectivity index (χ0) is 33.2. The lowest BCUT2D eigenvalue weighted by molar-refractivity contribution is 0.324. The number of pyridine rings is 1. The number of anilines is 3. The Balaban J connectivity index is 1.43. The van der Waals surface area contributed by atoms with Gasteiger partial charge in [0.1, 0.15) is 23.9 Å². The second-order valence-electron chi connectivity index (χ2n) is 13.6. The molecule has 2 aliphatic heterocycles. The molecular formula is C38H43N3O2. The van der Waals surface area contributed by atoms with E-state index in [1.165, 1.54) is 16.7 Å². The lowest BCUT2D eigenvalue weighted by Crippen LogP contribution is -2.32. The summed E-state index contributed by atoms with van der Waals surface area (Å²) in [4.78, 5) is 11.6. The SMILES string of the molecule is [2H]C([2H])([2H])[C@@H]1COC(c2cc(Oc3cc(C)cc(N4c5ccc(C(C)(C)C)cc5C(C)(C)c5cccnc54)c3)cc(C(C)C)c2)=N1. The number of benzene rings is 3. The van der Waals surface area contributed by atoms with E-state index in [0.29, 0.717) is 23.0 Å². The standard InChI is InChI=1S/C38H43N3O2/c1-23(2)26-17-27(36-40-25(4)22-42-36)19-31(18-26)43-30-16-24(3)15-29(21-30)41-34-13-12-28(37(5,6)7)20-33(34)38(8,9)32-11-10-14-39-35(32)41/h10-21,23,25H,22H2,1-9H3/t25-/m1/s1/i4D3. The summed E-state index contributed by atoms with van der Waals surface area (Å²) in [6.45, 7) is 15.4. The van der Waals surface area contributed by atoms with E-state index < -0.39 is 12.9 Å². The molecule has 5 heteroatoms. The van der Waals surface area contributed by atoms with Crippen molar-refractivity contribution in [3.8, 4) is 11.5 Å². The average molecular weight is 577 g/mol. The Kier molecular flexibility index (Phi) is 6.23. The summed E-state index contributed by atoms with van der Waals surface area (Å²) in [5.41, 5.74) is 8.35. The normalized spacial score (nSPS) is 18.6. The maximum Gasteiger partial charge on any atom is 0.216 e. The molecule has 0 spiro atoms. The zero-order valence-corrected chi connectivity index (χ0v) is 26.4. The molecule has 0 saturated heterocycles. The predicted octanol–water partition coefficient (Wildman–Crippen LogP) is 9.88. The molecule has 4 aromatic rings. The molecule has 0 bridgehead atoms. The van der Waals surface area contributed by atoms with Gasteiger partial charge >= 0.3 is 0 Å². The number of fused-ring (bicyclic) bond motifs is 2. The molecule has 1 atom stereocenters. The Hall–Kier alpha value is -4.12. The number of nitrogens with zero attached hydrogens (tertiary/aromatic N) is 3. The van der Waals surface area contributed by atoms with Gasteiger partial charge in [0.2, 0.25) is 5.90 Å². The van der Waals surface area contributed by atoms with Crippen molar-refractivity contribution in [2.24, 2.45) is 4.99 Å². The van der Waals surface area contributed by atoms with Crippen molar-refractivity contribution in [1.29, 1.82) is 0 Å². The Morgan fingerprint density at radius 3 is 2.51 bits per heavy atom. The molecule has 0 aliphatic carbocycles. The Morgan fingerprint density at radius 1 is 1.00 bits per heavy atom. The van der Waals surface area contributed by atoms with Crippen molar-refractivity contribution < 1.29 is 13.6 Å². The molecule has 6 rings (SSSR count). The summed E-state index contributed by atoms with van der Waals surface area (Å²) in [7, 11) is 0. The third-order valence-corrected chi connectivity index (χ3v) is 8.47. The van der Waals surface area contributed by atoms with E-state index in [1.54, 1.807) is 0 Å². The molecule has 3 heterocycles. The zero-order valence-electron chi connectivity index (χ0n) is 29.4. The van der Waals surface area contributed by atoms with Crippen LogP contribution in [-0.4, -0.2) is 23.5 Å². The molecule has 0 N–H and O–H groups in total. The summed E-state index contributed by atoms with van der Waals surface area (Å²) in [5, 5.41) is 0. The van der Waals surface area contributed by atoms with Crippen molar-refractivity contribution in [2.45, 2.75) is 85.0 Å². The van der Waals surface area contributed by atoms with Crippen LogP contribution in [0.4, 0.5) is 17.2 Å². The molecule has 43 heavy (non-hydrogen) atoms. The second-order valence-corrected chi connectivity index (χ2v) is 13.6. The van der Waals surface area contributed by atoms with Crippen LogP contribution in [0, 0.1) is 6.92 Å². The highest BCUT2D eigenvalue weighted by atomic mass is 16.5. The van der Waals surface area contributed by atoms with Crippen LogP contribution in [0.15, 0.2) is 77.9 Å². The fraction of sp³-hybridized carbons (Fsp3) is 0.368. The van der Waals surface area contributed by atoms with Gasteiger partial charge in [-0.15, -0.1) is 0 Å². The number of aromatic nitrogens is 1. The monoisotopic (exact) mass is 576 g/mol. The summed E-state index contributed by atoms with van der Waals surface area (Å²) in [6.07, 6.45) is 1.85. The Bertz CT molecular complexity index is 1840. The minimum absolute atomic E-state index is 0.0155. The summed E-state index contributed by atoms with van der Waals surface area (Å²) < 4.78 is 35.7. The third kappa shape index (κ3) is 5.42. The Labute approximate surface area is 260 Å². The lowest BCUT2D eigenvalue weighted by atomic mass is 9.72. The van der Waals surface area contributed by atoms with Gasteiger partial charge in [-0.2, -0.15) is 0 Å². The van der Waals surface area contributed by atoms with E-state index >= 15 is 0 Å². The van der Waals surface area contributed by atoms with E-state index in [0.717, 1.165) is 28.3 Å². The maximum absolute atomic E-state index is 7.77. The lowest BCUT2D eigenvalue weighted by Gasteiger charge is -2.41. The highest BCUT2D eigenvalue weighted by Gasteiger charge is 2.38. The highest BCUT2D eigenvalue weighted by molar-refractivity contribution is 5.95. The largest absolute Gasteiger partial charge is 0.475 e. The topological polar surface area (TPSA) is 47.0 Å². The third-order valence-electron chi connectivity index (χ3n) is 8.47. The number of hydrogen-bond donors (Lipinski definition) is 0. The first-order chi connectivity index (χ1) is 21.5. The Morgan fingerprint density at radius 2 is 1.79 bits per heavy atom. The average Bonchev–Trinajstić information content (AvgIpc) is 3.48. The van der Waals surface area contributed by atoms with Crippen LogP contribution in [0.1, 0.15) is 98.7 Å². The number of ether oxygens (including phenoxy) is 2. The van der Waals surface area contributed by atoms with E-state index in [9.17, 15) is 0 Å². The van der Waals surface area contributed by atoms with Crippen molar-refractivity contribution in [3.63, 3.8) is 0 Å². The fourth-order valence-corrected chi connectivity index (χ4v) is 6.00. The van der Waals surface area contributed by atoms with Crippen LogP contribution in [0.5, 0.6) is 11.5 Å². The van der Waals surface area contributed by atoms with Crippen LogP contribution in [0.2, 0.25) is 0 Å². The molecule has 0 saturated carbocycles.